The Labute approximate surface area is 128 Å². The average molecular weight is 299 g/mol. The summed E-state index contributed by atoms with van der Waals surface area (Å²) in [5, 5.41) is 2.90. The number of amides is 1. The molecule has 0 radical (unpaired) electrons. The second kappa shape index (κ2) is 6.43. The van der Waals surface area contributed by atoms with E-state index in [9.17, 15) is 4.79 Å². The highest BCUT2D eigenvalue weighted by Crippen LogP contribution is 2.32. The third-order valence-electron chi connectivity index (χ3n) is 3.41. The number of ether oxygens (including phenoxy) is 2. The van der Waals surface area contributed by atoms with Crippen LogP contribution in [-0.4, -0.2) is 29.1 Å². The zero-order valence-corrected chi connectivity index (χ0v) is 12.3. The van der Waals surface area contributed by atoms with Crippen LogP contribution in [0.4, 0.5) is 0 Å². The molecule has 3 rings (SSSR count). The molecule has 114 valence electrons. The molecule has 2 aromatic rings. The summed E-state index contributed by atoms with van der Waals surface area (Å²) in [5.41, 5.74) is 1.24. The number of hydrogen-bond donors (Lipinski definition) is 1. The molecule has 0 saturated heterocycles. The van der Waals surface area contributed by atoms with Gasteiger partial charge in [-0.05, 0) is 24.6 Å². The minimum atomic E-state index is -0.257. The second-order valence-electron chi connectivity index (χ2n) is 5.04. The van der Waals surface area contributed by atoms with E-state index in [2.05, 4.69) is 15.3 Å². The highest BCUT2D eigenvalue weighted by Gasteiger charge is 2.16. The monoisotopic (exact) mass is 299 g/mol. The molecular formula is C16H17N3O3. The maximum absolute atomic E-state index is 12.1. The maximum atomic E-state index is 12.1. The van der Waals surface area contributed by atoms with E-state index in [0.29, 0.717) is 18.9 Å². The van der Waals surface area contributed by atoms with Gasteiger partial charge in [-0.1, -0.05) is 6.07 Å². The Morgan fingerprint density at radius 2 is 2.05 bits per heavy atom. The van der Waals surface area contributed by atoms with Crippen molar-refractivity contribution < 1.29 is 14.3 Å². The Morgan fingerprint density at radius 1 is 1.23 bits per heavy atom. The van der Waals surface area contributed by atoms with Crippen molar-refractivity contribution in [3.63, 3.8) is 0 Å². The van der Waals surface area contributed by atoms with Crippen molar-refractivity contribution >= 4 is 5.91 Å². The number of nitrogens with zero attached hydrogens (tertiary/aromatic N) is 2. The van der Waals surface area contributed by atoms with E-state index in [1.54, 1.807) is 0 Å². The van der Waals surface area contributed by atoms with Gasteiger partial charge in [-0.2, -0.15) is 0 Å². The molecule has 1 aromatic carbocycles. The van der Waals surface area contributed by atoms with Gasteiger partial charge in [-0.3, -0.25) is 9.78 Å². The first-order valence-electron chi connectivity index (χ1n) is 7.20. The molecule has 0 unspecified atom stereocenters. The average Bonchev–Trinajstić information content (AvgIpc) is 2.80. The van der Waals surface area contributed by atoms with E-state index >= 15 is 0 Å². The van der Waals surface area contributed by atoms with Crippen LogP contribution in [0.5, 0.6) is 11.5 Å². The van der Waals surface area contributed by atoms with Crippen LogP contribution < -0.4 is 14.8 Å². The lowest BCUT2D eigenvalue weighted by atomic mass is 10.1. The topological polar surface area (TPSA) is 73.3 Å². The number of rotatable bonds is 3. The summed E-state index contributed by atoms with van der Waals surface area (Å²) >= 11 is 0. The van der Waals surface area contributed by atoms with Crippen molar-refractivity contribution in [2.45, 2.75) is 19.4 Å². The van der Waals surface area contributed by atoms with Gasteiger partial charge in [0.25, 0.3) is 5.91 Å². The summed E-state index contributed by atoms with van der Waals surface area (Å²) in [6.45, 7) is 3.20. The van der Waals surface area contributed by atoms with Crippen LogP contribution >= 0.6 is 0 Å². The number of carbonyl (C=O) groups is 1. The van der Waals surface area contributed by atoms with Crippen LogP contribution in [0.3, 0.4) is 0 Å². The van der Waals surface area contributed by atoms with Crippen molar-refractivity contribution in [2.24, 2.45) is 0 Å². The van der Waals surface area contributed by atoms with Gasteiger partial charge in [-0.25, -0.2) is 4.98 Å². The van der Waals surface area contributed by atoms with E-state index in [-0.39, 0.29) is 11.9 Å². The molecule has 1 aliphatic heterocycles. The molecule has 1 atom stereocenters. The van der Waals surface area contributed by atoms with Gasteiger partial charge in [0.2, 0.25) is 0 Å². The summed E-state index contributed by atoms with van der Waals surface area (Å²) in [4.78, 5) is 20.0. The Hall–Kier alpha value is -2.63. The Kier molecular flexibility index (Phi) is 4.18. The van der Waals surface area contributed by atoms with Gasteiger partial charge >= 0.3 is 0 Å². The van der Waals surface area contributed by atoms with Crippen molar-refractivity contribution in [2.75, 3.05) is 13.2 Å². The molecule has 1 amide bonds. The summed E-state index contributed by atoms with van der Waals surface area (Å²) in [5.74, 6) is 1.21. The summed E-state index contributed by atoms with van der Waals surface area (Å²) < 4.78 is 11.3. The van der Waals surface area contributed by atoms with Gasteiger partial charge in [0.15, 0.2) is 11.5 Å². The number of aromatic nitrogens is 2. The van der Waals surface area contributed by atoms with E-state index in [1.165, 1.54) is 18.6 Å². The largest absolute Gasteiger partial charge is 0.490 e. The number of fused-ring (bicyclic) bond motifs is 1. The van der Waals surface area contributed by atoms with E-state index in [4.69, 9.17) is 9.47 Å². The molecule has 6 nitrogen and oxygen atoms in total. The number of carbonyl (C=O) groups excluding carboxylic acids is 1. The first-order valence-corrected chi connectivity index (χ1v) is 7.20. The quantitative estimate of drug-likeness (QED) is 0.940. The van der Waals surface area contributed by atoms with Gasteiger partial charge < -0.3 is 14.8 Å². The molecule has 1 aromatic heterocycles. The molecule has 0 bridgehead atoms. The van der Waals surface area contributed by atoms with Crippen molar-refractivity contribution in [1.29, 1.82) is 0 Å². The van der Waals surface area contributed by atoms with Crippen LogP contribution in [0, 0.1) is 0 Å². The Balaban J connectivity index is 1.73. The highest BCUT2D eigenvalue weighted by atomic mass is 16.5. The molecule has 1 aliphatic rings. The Morgan fingerprint density at radius 3 is 2.82 bits per heavy atom. The van der Waals surface area contributed by atoms with Crippen LogP contribution in [0.15, 0.2) is 36.8 Å². The third kappa shape index (κ3) is 3.16. The molecule has 0 saturated carbocycles. The molecule has 2 heterocycles. The fraction of sp³-hybridized carbons (Fsp3) is 0.312. The molecule has 22 heavy (non-hydrogen) atoms. The summed E-state index contributed by atoms with van der Waals surface area (Å²) in [6.07, 6.45) is 5.33. The first-order chi connectivity index (χ1) is 10.7. The van der Waals surface area contributed by atoms with Crippen LogP contribution in [0.25, 0.3) is 0 Å². The van der Waals surface area contributed by atoms with Crippen molar-refractivity contribution in [1.82, 2.24) is 15.3 Å². The number of benzene rings is 1. The third-order valence-corrected chi connectivity index (χ3v) is 3.41. The highest BCUT2D eigenvalue weighted by molar-refractivity contribution is 5.92. The minimum absolute atomic E-state index is 0.174. The summed E-state index contributed by atoms with van der Waals surface area (Å²) in [6, 6.07) is 5.53. The lowest BCUT2D eigenvalue weighted by molar-refractivity contribution is 0.0934. The molecular weight excluding hydrogens is 282 g/mol. The number of hydrogen-bond acceptors (Lipinski definition) is 5. The fourth-order valence-electron chi connectivity index (χ4n) is 2.22. The van der Waals surface area contributed by atoms with Crippen molar-refractivity contribution in [3.05, 3.63) is 48.0 Å². The van der Waals surface area contributed by atoms with Gasteiger partial charge in [-0.15, -0.1) is 0 Å². The molecule has 6 heteroatoms. The SMILES string of the molecule is C[C@H](NC(=O)c1cnccn1)c1ccc2c(c1)OCCCO2. The molecule has 0 aliphatic carbocycles. The van der Waals surface area contributed by atoms with Crippen LogP contribution in [0.2, 0.25) is 0 Å². The fourth-order valence-corrected chi connectivity index (χ4v) is 2.22. The van der Waals surface area contributed by atoms with Crippen molar-refractivity contribution in [3.8, 4) is 11.5 Å². The van der Waals surface area contributed by atoms with Gasteiger partial charge in [0, 0.05) is 18.8 Å². The number of nitrogens with one attached hydrogen (secondary N) is 1. The molecule has 0 fully saturated rings. The lowest BCUT2D eigenvalue weighted by Gasteiger charge is -2.16. The normalized spacial score (nSPS) is 14.8. The van der Waals surface area contributed by atoms with E-state index in [0.717, 1.165) is 23.5 Å². The van der Waals surface area contributed by atoms with Crippen LogP contribution in [-0.2, 0) is 0 Å². The minimum Gasteiger partial charge on any atom is -0.490 e. The Bertz CT molecular complexity index is 661. The maximum Gasteiger partial charge on any atom is 0.271 e. The van der Waals surface area contributed by atoms with Gasteiger partial charge in [0.1, 0.15) is 5.69 Å². The lowest BCUT2D eigenvalue weighted by Crippen LogP contribution is -2.27. The predicted molar refractivity (Wildman–Crippen MR) is 80.0 cm³/mol. The first kappa shape index (κ1) is 14.3. The second-order valence-corrected chi connectivity index (χ2v) is 5.04. The van der Waals surface area contributed by atoms with Gasteiger partial charge in [0.05, 0.1) is 25.5 Å². The zero-order valence-electron chi connectivity index (χ0n) is 12.3. The molecule has 1 N–H and O–H groups in total. The van der Waals surface area contributed by atoms with E-state index < -0.39 is 0 Å². The standard InChI is InChI=1S/C16H17N3O3/c1-11(19-16(20)13-10-17-5-6-18-13)12-3-4-14-15(9-12)22-8-2-7-21-14/h3-6,9-11H,2,7-8H2,1H3,(H,19,20)/t11-/m0/s1. The predicted octanol–water partition coefficient (Wildman–Crippen LogP) is 2.13. The molecule has 0 spiro atoms. The van der Waals surface area contributed by atoms with Crippen LogP contribution in [0.1, 0.15) is 35.4 Å². The zero-order chi connectivity index (χ0) is 15.4. The smallest absolute Gasteiger partial charge is 0.271 e. The van der Waals surface area contributed by atoms with E-state index in [1.807, 2.05) is 25.1 Å². The summed E-state index contributed by atoms with van der Waals surface area (Å²) in [7, 11) is 0.